The Hall–Kier alpha value is -2.66. The van der Waals surface area contributed by atoms with E-state index in [0.29, 0.717) is 35.2 Å². The van der Waals surface area contributed by atoms with Crippen LogP contribution in [0.1, 0.15) is 115 Å². The second-order valence-corrected chi connectivity index (χ2v) is 17.2. The van der Waals surface area contributed by atoms with Crippen molar-refractivity contribution in [1.82, 2.24) is 5.06 Å². The zero-order chi connectivity index (χ0) is 33.4. The van der Waals surface area contributed by atoms with Crippen molar-refractivity contribution in [3.63, 3.8) is 0 Å². The number of carbonyl (C=O) groups is 2. The van der Waals surface area contributed by atoms with E-state index in [9.17, 15) is 14.7 Å². The number of benzene rings is 1. The summed E-state index contributed by atoms with van der Waals surface area (Å²) in [7, 11) is 3.23. The zero-order valence-electron chi connectivity index (χ0n) is 29.6. The molecule has 0 radical (unpaired) electrons. The van der Waals surface area contributed by atoms with Crippen molar-refractivity contribution in [1.29, 1.82) is 0 Å². The lowest BCUT2D eigenvalue weighted by Crippen LogP contribution is -2.65. The molecule has 0 aromatic heterocycles. The molecule has 5 nitrogen and oxygen atoms in total. The first kappa shape index (κ1) is 33.2. The molecule has 9 atom stereocenters. The average molecular weight is 628 g/mol. The van der Waals surface area contributed by atoms with Gasteiger partial charge in [-0.25, -0.2) is 9.86 Å². The summed E-state index contributed by atoms with van der Waals surface area (Å²) in [5, 5.41) is 10.8. The largest absolute Gasteiger partial charge is 0.478 e. The van der Waals surface area contributed by atoms with E-state index >= 15 is 0 Å². The van der Waals surface area contributed by atoms with Crippen LogP contribution in [-0.2, 0) is 9.63 Å². The molecule has 4 fully saturated rings. The molecule has 0 unspecified atom stereocenters. The number of fused-ring (bicyclic) bond motifs is 7. The van der Waals surface area contributed by atoms with Gasteiger partial charge in [-0.05, 0) is 145 Å². The number of carboxylic acids is 1. The first-order chi connectivity index (χ1) is 21.6. The number of likely N-dealkylation sites (N-methyl/N-ethyl adjacent to an activating group) is 1. The highest BCUT2D eigenvalue weighted by molar-refractivity contribution is 5.88. The number of hydrogen-bond acceptors (Lipinski definition) is 3. The molecular weight excluding hydrogens is 570 g/mol. The first-order valence-corrected chi connectivity index (χ1v) is 17.8. The zero-order valence-corrected chi connectivity index (χ0v) is 29.6. The van der Waals surface area contributed by atoms with E-state index in [1.807, 2.05) is 12.1 Å². The Kier molecular flexibility index (Phi) is 8.10. The van der Waals surface area contributed by atoms with Gasteiger partial charge >= 0.3 is 5.97 Å². The number of nitrogens with zero attached hydrogens (tertiary/aromatic N) is 1. The molecule has 0 saturated heterocycles. The topological polar surface area (TPSA) is 66.8 Å². The number of amides is 1. The van der Waals surface area contributed by atoms with Gasteiger partial charge in [0, 0.05) is 13.1 Å². The molecule has 46 heavy (non-hydrogen) atoms. The lowest BCUT2D eigenvalue weighted by molar-refractivity contribution is -0.221. The van der Waals surface area contributed by atoms with Gasteiger partial charge in [0.1, 0.15) is 0 Å². The summed E-state index contributed by atoms with van der Waals surface area (Å²) in [6.45, 7) is 19.6. The maximum Gasteiger partial charge on any atom is 0.335 e. The minimum Gasteiger partial charge on any atom is -0.478 e. The molecule has 4 saturated carbocycles. The molecule has 1 N–H and O–H groups in total. The summed E-state index contributed by atoms with van der Waals surface area (Å²) >= 11 is 0. The van der Waals surface area contributed by atoms with Crippen LogP contribution in [0.2, 0.25) is 0 Å². The smallest absolute Gasteiger partial charge is 0.335 e. The fourth-order valence-corrected chi connectivity index (χ4v) is 12.8. The predicted octanol–water partition coefficient (Wildman–Crippen LogP) is 9.61. The average Bonchev–Trinajstić information content (AvgIpc) is 3.40. The summed E-state index contributed by atoms with van der Waals surface area (Å²) in [5.41, 5.74) is 4.95. The van der Waals surface area contributed by atoms with Crippen LogP contribution in [0.15, 0.2) is 54.6 Å². The lowest BCUT2D eigenvalue weighted by Gasteiger charge is -2.72. The number of hydroxylamine groups is 2. The normalized spacial score (nSPS) is 41.0. The molecule has 5 aliphatic carbocycles. The first-order valence-electron chi connectivity index (χ1n) is 17.8. The number of hydrogen-bond donors (Lipinski definition) is 1. The highest BCUT2D eigenvalue weighted by atomic mass is 16.7. The number of allylic oxidation sites excluding steroid dienone is 4. The van der Waals surface area contributed by atoms with E-state index in [0.717, 1.165) is 19.3 Å². The Bertz CT molecular complexity index is 1470. The van der Waals surface area contributed by atoms with Gasteiger partial charge in [0.15, 0.2) is 0 Å². The highest BCUT2D eigenvalue weighted by Crippen LogP contribution is 2.77. The maximum atomic E-state index is 12.8. The van der Waals surface area contributed by atoms with Crippen LogP contribution in [0, 0.1) is 56.7 Å². The summed E-state index contributed by atoms with van der Waals surface area (Å²) in [6, 6.07) is 7.55. The van der Waals surface area contributed by atoms with Crippen molar-refractivity contribution in [2.75, 3.05) is 14.2 Å². The lowest BCUT2D eigenvalue weighted by atomic mass is 9.32. The third-order valence-electron chi connectivity index (χ3n) is 15.3. The van der Waals surface area contributed by atoms with Crippen molar-refractivity contribution in [3.05, 3.63) is 65.8 Å². The molecule has 5 aliphatic rings. The van der Waals surface area contributed by atoms with Gasteiger partial charge in [-0.15, -0.1) is 0 Å². The minimum atomic E-state index is -0.873. The van der Waals surface area contributed by atoms with Crippen LogP contribution in [0.5, 0.6) is 0 Å². The number of carboxylic acid groups (broad SMARTS) is 1. The van der Waals surface area contributed by atoms with E-state index in [2.05, 4.69) is 60.3 Å². The Morgan fingerprint density at radius 2 is 1.63 bits per heavy atom. The molecule has 1 amide bonds. The fourth-order valence-electron chi connectivity index (χ4n) is 12.8. The second-order valence-electron chi connectivity index (χ2n) is 17.2. The van der Waals surface area contributed by atoms with Gasteiger partial charge in [-0.2, -0.15) is 0 Å². The second kappa shape index (κ2) is 11.2. The standard InChI is InChI=1S/C41H57NO4/c1-26(2)29-16-22-41(23-19-34(43)42(8)46-9)25-24-39(6)31(35(29)41)14-15-33-38(5)20-17-30(27-10-12-28(13-11-27)36(44)45)37(3,4)32(38)18-21-40(33,39)7/h10-13,17,19,23,29,31-33,35H,1,14-16,18,20-22,24-25H2,2-9H3,(H,44,45)/b23-19+/t29-,31+,32-,33+,35+,38-,39+,40+,41-/m0/s1. The maximum absolute atomic E-state index is 12.8. The van der Waals surface area contributed by atoms with Gasteiger partial charge in [-0.3, -0.25) is 9.63 Å². The van der Waals surface area contributed by atoms with Crippen molar-refractivity contribution >= 4 is 17.4 Å². The van der Waals surface area contributed by atoms with Crippen molar-refractivity contribution in [2.45, 2.75) is 99.3 Å². The van der Waals surface area contributed by atoms with Crippen LogP contribution >= 0.6 is 0 Å². The molecule has 1 aromatic rings. The van der Waals surface area contributed by atoms with Crippen LogP contribution in [0.4, 0.5) is 0 Å². The van der Waals surface area contributed by atoms with Crippen LogP contribution < -0.4 is 0 Å². The van der Waals surface area contributed by atoms with Gasteiger partial charge in [-0.1, -0.05) is 71.1 Å². The van der Waals surface area contributed by atoms with Crippen LogP contribution in [0.3, 0.4) is 0 Å². The molecule has 250 valence electrons. The van der Waals surface area contributed by atoms with E-state index in [-0.39, 0.29) is 33.0 Å². The van der Waals surface area contributed by atoms with Crippen molar-refractivity contribution in [2.24, 2.45) is 56.7 Å². The van der Waals surface area contributed by atoms with E-state index in [1.165, 1.54) is 60.3 Å². The van der Waals surface area contributed by atoms with Crippen molar-refractivity contribution < 1.29 is 19.5 Å². The SMILES string of the molecule is C=C(C)[C@@H]1CC[C@]2(/C=C/C(=O)N(C)OC)CC[C@]3(C)[C@H](CC[C@@H]4[C@@]5(C)CC=C(c6ccc(C(=O)O)cc6)C(C)(C)[C@@H]5CC[C@]43C)[C@@H]12. The summed E-state index contributed by atoms with van der Waals surface area (Å²) in [4.78, 5) is 29.6. The summed E-state index contributed by atoms with van der Waals surface area (Å²) in [5.74, 6) is 1.90. The third-order valence-corrected chi connectivity index (χ3v) is 15.3. The summed E-state index contributed by atoms with van der Waals surface area (Å²) in [6.07, 6.45) is 17.3. The highest BCUT2D eigenvalue weighted by Gasteiger charge is 2.70. The van der Waals surface area contributed by atoms with Gasteiger partial charge in [0.2, 0.25) is 0 Å². The third kappa shape index (κ3) is 4.65. The van der Waals surface area contributed by atoms with Gasteiger partial charge in [0.25, 0.3) is 5.91 Å². The summed E-state index contributed by atoms with van der Waals surface area (Å²) < 4.78 is 0. The molecular formula is C41H57NO4. The molecule has 1 aromatic carbocycles. The molecule has 0 aliphatic heterocycles. The van der Waals surface area contributed by atoms with E-state index in [4.69, 9.17) is 4.84 Å². The monoisotopic (exact) mass is 627 g/mol. The quantitative estimate of drug-likeness (QED) is 0.194. The Labute approximate surface area is 277 Å². The van der Waals surface area contributed by atoms with Gasteiger partial charge in [0.05, 0.1) is 12.7 Å². The molecule has 5 heteroatoms. The van der Waals surface area contributed by atoms with Crippen LogP contribution in [0.25, 0.3) is 5.57 Å². The van der Waals surface area contributed by atoms with Gasteiger partial charge < -0.3 is 5.11 Å². The molecule has 0 bridgehead atoms. The molecule has 0 heterocycles. The predicted molar refractivity (Wildman–Crippen MR) is 185 cm³/mol. The molecule has 0 spiro atoms. The Morgan fingerprint density at radius 1 is 0.935 bits per heavy atom. The van der Waals surface area contributed by atoms with Crippen molar-refractivity contribution in [3.8, 4) is 0 Å². The Balaban J connectivity index is 1.34. The molecule has 6 rings (SSSR count). The Morgan fingerprint density at radius 3 is 2.26 bits per heavy atom. The fraction of sp³-hybridized carbons (Fsp3) is 0.659. The van der Waals surface area contributed by atoms with E-state index < -0.39 is 5.97 Å². The number of rotatable bonds is 6. The van der Waals surface area contributed by atoms with Crippen LogP contribution in [-0.4, -0.2) is 36.2 Å². The van der Waals surface area contributed by atoms with E-state index in [1.54, 1.807) is 32.4 Å². The number of carbonyl (C=O) groups excluding carboxylic acids is 1. The number of aromatic carboxylic acids is 1. The minimum absolute atomic E-state index is 0.00172.